The van der Waals surface area contributed by atoms with E-state index in [2.05, 4.69) is 52.3 Å². The van der Waals surface area contributed by atoms with Crippen LogP contribution in [-0.4, -0.2) is 16.4 Å². The number of unbranched alkanes of at least 4 members (excludes halogenated alkanes) is 6. The topological polar surface area (TPSA) is 9.23 Å². The summed E-state index contributed by atoms with van der Waals surface area (Å²) >= 11 is 0. The zero-order valence-electron chi connectivity index (χ0n) is 14.4. The van der Waals surface area contributed by atoms with Gasteiger partial charge in [0.25, 0.3) is 0 Å². The molecule has 0 aliphatic rings. The van der Waals surface area contributed by atoms with Gasteiger partial charge in [-0.3, -0.25) is 0 Å². The van der Waals surface area contributed by atoms with Crippen LogP contribution in [0.1, 0.15) is 51.9 Å². The van der Waals surface area contributed by atoms with Gasteiger partial charge in [0.2, 0.25) is 8.32 Å². The van der Waals surface area contributed by atoms with Gasteiger partial charge in [0.05, 0.1) is 5.38 Å². The number of allylic oxidation sites excluding steroid dienone is 1. The van der Waals surface area contributed by atoms with E-state index in [0.29, 0.717) is 0 Å². The van der Waals surface area contributed by atoms with Gasteiger partial charge < -0.3 is 4.43 Å². The maximum absolute atomic E-state index is 6.31. The maximum Gasteiger partial charge on any atom is 0.241 e. The molecule has 0 radical (unpaired) electrons. The van der Waals surface area contributed by atoms with E-state index in [-0.39, 0.29) is 0 Å². The Hall–Kier alpha value is -0.0262. The highest BCUT2D eigenvalue weighted by Crippen LogP contribution is 2.22. The Balaban J connectivity index is 4.13. The Morgan fingerprint density at radius 2 is 1.37 bits per heavy atom. The van der Waals surface area contributed by atoms with Crippen molar-refractivity contribution in [3.8, 4) is 0 Å². The lowest BCUT2D eigenvalue weighted by Gasteiger charge is -2.29. The average molecular weight is 301 g/mol. The van der Waals surface area contributed by atoms with Crippen LogP contribution >= 0.6 is 0 Å². The molecule has 0 saturated heterocycles. The second-order valence-corrected chi connectivity index (χ2v) is 17.0. The van der Waals surface area contributed by atoms with Crippen molar-refractivity contribution in [3.63, 3.8) is 0 Å². The molecule has 0 bridgehead atoms. The fraction of sp³-hybridized carbons (Fsp3) is 0.875. The molecule has 3 heteroatoms. The van der Waals surface area contributed by atoms with Crippen LogP contribution in [0.5, 0.6) is 0 Å². The average Bonchev–Trinajstić information content (AvgIpc) is 2.23. The third kappa shape index (κ3) is 11.5. The summed E-state index contributed by atoms with van der Waals surface area (Å²) in [6.45, 7) is 16.3. The number of hydrogen-bond acceptors (Lipinski definition) is 1. The van der Waals surface area contributed by atoms with Gasteiger partial charge >= 0.3 is 0 Å². The zero-order valence-corrected chi connectivity index (χ0v) is 16.4. The molecule has 0 aromatic heterocycles. The standard InChI is InChI=1S/C16H36OSi2/c1-8-9-10-11-12-13-14-15-16(18(2,3)4)17-19(5,6)7/h15H,8-14H2,1-7H3/b16-15+. The fourth-order valence-electron chi connectivity index (χ4n) is 1.99. The van der Waals surface area contributed by atoms with E-state index in [1.807, 2.05) is 0 Å². The predicted molar refractivity (Wildman–Crippen MR) is 93.9 cm³/mol. The molecule has 0 aromatic carbocycles. The predicted octanol–water partition coefficient (Wildman–Crippen LogP) is 6.35. The highest BCUT2D eigenvalue weighted by atomic mass is 28.4. The van der Waals surface area contributed by atoms with Crippen LogP contribution in [0.15, 0.2) is 11.5 Å². The van der Waals surface area contributed by atoms with Gasteiger partial charge in [0.15, 0.2) is 0 Å². The molecule has 0 rings (SSSR count). The van der Waals surface area contributed by atoms with Crippen LogP contribution in [0.2, 0.25) is 39.3 Å². The second kappa shape index (κ2) is 9.01. The smallest absolute Gasteiger partial charge is 0.241 e. The van der Waals surface area contributed by atoms with E-state index < -0.39 is 16.4 Å². The Morgan fingerprint density at radius 3 is 1.84 bits per heavy atom. The lowest BCUT2D eigenvalue weighted by Crippen LogP contribution is -2.34. The minimum atomic E-state index is -1.45. The summed E-state index contributed by atoms with van der Waals surface area (Å²) in [7, 11) is -2.75. The van der Waals surface area contributed by atoms with Gasteiger partial charge in [-0.2, -0.15) is 0 Å². The van der Waals surface area contributed by atoms with Gasteiger partial charge in [-0.1, -0.05) is 64.7 Å². The molecule has 0 aliphatic carbocycles. The molecular weight excluding hydrogens is 264 g/mol. The van der Waals surface area contributed by atoms with Crippen molar-refractivity contribution in [2.45, 2.75) is 91.2 Å². The van der Waals surface area contributed by atoms with Gasteiger partial charge in [0.1, 0.15) is 8.07 Å². The summed E-state index contributed by atoms with van der Waals surface area (Å²) < 4.78 is 6.31. The van der Waals surface area contributed by atoms with E-state index in [1.165, 1.54) is 50.3 Å². The summed E-state index contributed by atoms with van der Waals surface area (Å²) in [6, 6.07) is 0. The molecule has 0 heterocycles. The SMILES string of the molecule is CCCCCCCC/C=C(\O[Si](C)(C)C)[Si](C)(C)C. The van der Waals surface area contributed by atoms with E-state index >= 15 is 0 Å². The Bertz CT molecular complexity index is 259. The molecule has 0 fully saturated rings. The second-order valence-electron chi connectivity index (χ2n) is 7.59. The minimum absolute atomic E-state index is 1.20. The van der Waals surface area contributed by atoms with Crippen molar-refractivity contribution in [2.24, 2.45) is 0 Å². The van der Waals surface area contributed by atoms with E-state index in [0.717, 1.165) is 0 Å². The van der Waals surface area contributed by atoms with Gasteiger partial charge in [-0.05, 0) is 32.5 Å². The van der Waals surface area contributed by atoms with Crippen LogP contribution in [0, 0.1) is 0 Å². The molecule has 19 heavy (non-hydrogen) atoms. The third-order valence-corrected chi connectivity index (χ3v) is 5.86. The van der Waals surface area contributed by atoms with Crippen LogP contribution in [0.4, 0.5) is 0 Å². The Morgan fingerprint density at radius 1 is 0.842 bits per heavy atom. The molecule has 114 valence electrons. The molecule has 1 nitrogen and oxygen atoms in total. The van der Waals surface area contributed by atoms with Gasteiger partial charge in [-0.25, -0.2) is 0 Å². The van der Waals surface area contributed by atoms with Crippen molar-refractivity contribution < 1.29 is 4.43 Å². The highest BCUT2D eigenvalue weighted by molar-refractivity contribution is 6.84. The molecule has 0 spiro atoms. The molecular formula is C16H36OSi2. The summed E-state index contributed by atoms with van der Waals surface area (Å²) in [4.78, 5) is 0. The van der Waals surface area contributed by atoms with E-state index in [9.17, 15) is 0 Å². The Labute approximate surface area is 124 Å². The number of rotatable bonds is 10. The monoisotopic (exact) mass is 300 g/mol. The maximum atomic E-state index is 6.31. The van der Waals surface area contributed by atoms with Crippen LogP contribution < -0.4 is 0 Å². The number of hydrogen-bond donors (Lipinski definition) is 0. The molecule has 0 aliphatic heterocycles. The summed E-state index contributed by atoms with van der Waals surface area (Å²) in [6.07, 6.45) is 11.9. The summed E-state index contributed by atoms with van der Waals surface area (Å²) in [5.74, 6) is 0. The van der Waals surface area contributed by atoms with E-state index in [1.54, 1.807) is 0 Å². The lowest BCUT2D eigenvalue weighted by atomic mass is 10.1. The first-order chi connectivity index (χ1) is 8.67. The summed E-state index contributed by atoms with van der Waals surface area (Å²) in [5, 5.41) is 1.35. The lowest BCUT2D eigenvalue weighted by molar-refractivity contribution is 0.448. The van der Waals surface area contributed by atoms with E-state index in [4.69, 9.17) is 4.43 Å². The van der Waals surface area contributed by atoms with Crippen LogP contribution in [-0.2, 0) is 4.43 Å². The van der Waals surface area contributed by atoms with Gasteiger partial charge in [-0.15, -0.1) is 0 Å². The first-order valence-electron chi connectivity index (χ1n) is 8.06. The first kappa shape index (κ1) is 19.0. The molecule has 0 amide bonds. The van der Waals surface area contributed by atoms with Crippen LogP contribution in [0.25, 0.3) is 0 Å². The molecule has 0 atom stereocenters. The molecule has 0 aromatic rings. The quantitative estimate of drug-likeness (QED) is 0.259. The molecule has 0 unspecified atom stereocenters. The van der Waals surface area contributed by atoms with Crippen LogP contribution in [0.3, 0.4) is 0 Å². The van der Waals surface area contributed by atoms with Crippen molar-refractivity contribution in [1.82, 2.24) is 0 Å². The fourth-order valence-corrected chi connectivity index (χ4v) is 5.63. The molecule has 0 saturated carbocycles. The minimum Gasteiger partial charge on any atom is -0.552 e. The Kier molecular flexibility index (Phi) is 9.00. The van der Waals surface area contributed by atoms with Crippen molar-refractivity contribution in [2.75, 3.05) is 0 Å². The van der Waals surface area contributed by atoms with Crippen molar-refractivity contribution >= 4 is 16.4 Å². The zero-order chi connectivity index (χ0) is 14.9. The van der Waals surface area contributed by atoms with Crippen molar-refractivity contribution in [3.05, 3.63) is 11.5 Å². The largest absolute Gasteiger partial charge is 0.552 e. The highest BCUT2D eigenvalue weighted by Gasteiger charge is 2.26. The normalized spacial score (nSPS) is 13.7. The van der Waals surface area contributed by atoms with Crippen molar-refractivity contribution in [1.29, 1.82) is 0 Å². The molecule has 0 N–H and O–H groups in total. The van der Waals surface area contributed by atoms with Gasteiger partial charge in [0, 0.05) is 0 Å². The summed E-state index contributed by atoms with van der Waals surface area (Å²) in [5.41, 5.74) is 0. The first-order valence-corrected chi connectivity index (χ1v) is 15.0. The third-order valence-electron chi connectivity index (χ3n) is 3.04.